The molecule has 1 atom stereocenters. The maximum Gasteiger partial charge on any atom is 0.237 e. The van der Waals surface area contributed by atoms with Crippen LogP contribution in [-0.2, 0) is 17.8 Å². The molecule has 1 saturated carbocycles. The number of fused-ring (bicyclic) bond motifs is 1. The highest BCUT2D eigenvalue weighted by Crippen LogP contribution is 2.27. The van der Waals surface area contributed by atoms with Gasteiger partial charge in [0, 0.05) is 13.1 Å². The summed E-state index contributed by atoms with van der Waals surface area (Å²) in [6.07, 6.45) is 5.97. The molecule has 1 aliphatic heterocycles. The fourth-order valence-electron chi connectivity index (χ4n) is 3.54. The molecular formula is C18H27ClN2O. The van der Waals surface area contributed by atoms with Crippen molar-refractivity contribution in [2.24, 2.45) is 11.8 Å². The molecule has 0 radical (unpaired) electrons. The number of amides is 1. The lowest BCUT2D eigenvalue weighted by atomic mass is 9.83. The third-order valence-electron chi connectivity index (χ3n) is 5.10. The molecule has 1 amide bonds. The van der Waals surface area contributed by atoms with Crippen LogP contribution in [0.5, 0.6) is 0 Å². The second kappa shape index (κ2) is 7.98. The smallest absolute Gasteiger partial charge is 0.237 e. The fraction of sp³-hybridized carbons (Fsp3) is 0.611. The van der Waals surface area contributed by atoms with Gasteiger partial charge in [-0.3, -0.25) is 4.79 Å². The standard InChI is InChI=1S/C18H26N2O.ClH/c1-13-6-8-14(9-7-13)11-20-18(21)17-10-15-4-2-3-5-16(15)12-19-17;/h2-5,13-14,17,19H,6-12H2,1H3,(H,20,21);1H. The van der Waals surface area contributed by atoms with Gasteiger partial charge in [-0.15, -0.1) is 12.4 Å². The summed E-state index contributed by atoms with van der Waals surface area (Å²) in [6.45, 7) is 3.98. The number of carbonyl (C=O) groups excluding carboxylic acids is 1. The van der Waals surface area contributed by atoms with E-state index in [4.69, 9.17) is 0 Å². The number of halogens is 1. The summed E-state index contributed by atoms with van der Waals surface area (Å²) in [5.41, 5.74) is 2.63. The van der Waals surface area contributed by atoms with Gasteiger partial charge in [0.25, 0.3) is 0 Å². The zero-order valence-corrected chi connectivity index (χ0v) is 14.1. The molecule has 0 spiro atoms. The van der Waals surface area contributed by atoms with Gasteiger partial charge in [-0.05, 0) is 42.2 Å². The molecule has 0 aromatic heterocycles. The van der Waals surface area contributed by atoms with Crippen LogP contribution in [0.3, 0.4) is 0 Å². The van der Waals surface area contributed by atoms with E-state index in [2.05, 4.69) is 41.8 Å². The summed E-state index contributed by atoms with van der Waals surface area (Å²) in [6, 6.07) is 8.33. The van der Waals surface area contributed by atoms with Gasteiger partial charge in [0.2, 0.25) is 5.91 Å². The summed E-state index contributed by atoms with van der Waals surface area (Å²) in [5, 5.41) is 6.52. The Labute approximate surface area is 139 Å². The SMILES string of the molecule is CC1CCC(CNC(=O)C2Cc3ccccc3CN2)CC1.Cl. The van der Waals surface area contributed by atoms with Crippen molar-refractivity contribution in [3.8, 4) is 0 Å². The molecule has 1 aromatic carbocycles. The first kappa shape index (κ1) is 17.3. The van der Waals surface area contributed by atoms with E-state index in [1.165, 1.54) is 36.8 Å². The Morgan fingerprint density at radius 2 is 1.86 bits per heavy atom. The Hall–Kier alpha value is -1.06. The largest absolute Gasteiger partial charge is 0.354 e. The summed E-state index contributed by atoms with van der Waals surface area (Å²) < 4.78 is 0. The first-order chi connectivity index (χ1) is 10.2. The van der Waals surface area contributed by atoms with Gasteiger partial charge in [-0.2, -0.15) is 0 Å². The minimum Gasteiger partial charge on any atom is -0.354 e. The van der Waals surface area contributed by atoms with E-state index < -0.39 is 0 Å². The van der Waals surface area contributed by atoms with Crippen LogP contribution in [0.15, 0.2) is 24.3 Å². The van der Waals surface area contributed by atoms with Gasteiger partial charge >= 0.3 is 0 Å². The first-order valence-corrected chi connectivity index (χ1v) is 8.30. The van der Waals surface area contributed by atoms with Crippen LogP contribution >= 0.6 is 12.4 Å². The van der Waals surface area contributed by atoms with Crippen LogP contribution in [0.25, 0.3) is 0 Å². The highest BCUT2D eigenvalue weighted by atomic mass is 35.5. The molecule has 4 heteroatoms. The van der Waals surface area contributed by atoms with Crippen LogP contribution in [0.2, 0.25) is 0 Å². The summed E-state index contributed by atoms with van der Waals surface area (Å²) in [4.78, 5) is 12.3. The molecule has 1 aromatic rings. The average molecular weight is 323 g/mol. The zero-order chi connectivity index (χ0) is 14.7. The zero-order valence-electron chi connectivity index (χ0n) is 13.3. The molecule has 1 aliphatic carbocycles. The molecule has 3 rings (SSSR count). The number of hydrogen-bond acceptors (Lipinski definition) is 2. The predicted octanol–water partition coefficient (Wildman–Crippen LogP) is 3.07. The van der Waals surface area contributed by atoms with Gasteiger partial charge in [-0.1, -0.05) is 44.0 Å². The lowest BCUT2D eigenvalue weighted by Gasteiger charge is -2.28. The Bertz CT molecular complexity index is 498. The van der Waals surface area contributed by atoms with Crippen molar-refractivity contribution < 1.29 is 4.79 Å². The second-order valence-electron chi connectivity index (χ2n) is 6.78. The lowest BCUT2D eigenvalue weighted by Crippen LogP contribution is -2.48. The first-order valence-electron chi connectivity index (χ1n) is 8.30. The molecule has 22 heavy (non-hydrogen) atoms. The van der Waals surface area contributed by atoms with Crippen LogP contribution in [0.4, 0.5) is 0 Å². The van der Waals surface area contributed by atoms with Crippen molar-refractivity contribution >= 4 is 18.3 Å². The molecule has 0 bridgehead atoms. The number of rotatable bonds is 3. The van der Waals surface area contributed by atoms with E-state index in [1.54, 1.807) is 0 Å². The monoisotopic (exact) mass is 322 g/mol. The molecule has 1 fully saturated rings. The molecule has 2 aliphatic rings. The molecule has 2 N–H and O–H groups in total. The highest BCUT2D eigenvalue weighted by molar-refractivity contribution is 5.85. The van der Waals surface area contributed by atoms with Gasteiger partial charge in [0.05, 0.1) is 6.04 Å². The Morgan fingerprint density at radius 1 is 1.18 bits per heavy atom. The van der Waals surface area contributed by atoms with Crippen molar-refractivity contribution in [3.05, 3.63) is 35.4 Å². The topological polar surface area (TPSA) is 41.1 Å². The minimum atomic E-state index is -0.0672. The van der Waals surface area contributed by atoms with E-state index in [1.807, 2.05) is 0 Å². The van der Waals surface area contributed by atoms with E-state index >= 15 is 0 Å². The quantitative estimate of drug-likeness (QED) is 0.898. The van der Waals surface area contributed by atoms with Crippen LogP contribution in [0.1, 0.15) is 43.7 Å². The summed E-state index contributed by atoms with van der Waals surface area (Å²) in [7, 11) is 0. The predicted molar refractivity (Wildman–Crippen MR) is 92.2 cm³/mol. The molecular weight excluding hydrogens is 296 g/mol. The normalized spacial score (nSPS) is 27.4. The van der Waals surface area contributed by atoms with Crippen molar-refractivity contribution in [1.29, 1.82) is 0 Å². The Kier molecular flexibility index (Phi) is 6.27. The number of nitrogens with one attached hydrogen (secondary N) is 2. The van der Waals surface area contributed by atoms with Gasteiger partial charge in [0.1, 0.15) is 0 Å². The second-order valence-corrected chi connectivity index (χ2v) is 6.78. The number of benzene rings is 1. The fourth-order valence-corrected chi connectivity index (χ4v) is 3.54. The van der Waals surface area contributed by atoms with Gasteiger partial charge in [0.15, 0.2) is 0 Å². The van der Waals surface area contributed by atoms with Gasteiger partial charge in [-0.25, -0.2) is 0 Å². The third-order valence-corrected chi connectivity index (χ3v) is 5.10. The van der Waals surface area contributed by atoms with E-state index in [0.29, 0.717) is 5.92 Å². The maximum atomic E-state index is 12.3. The average Bonchev–Trinajstić information content (AvgIpc) is 2.53. The molecule has 122 valence electrons. The Morgan fingerprint density at radius 3 is 2.59 bits per heavy atom. The van der Waals surface area contributed by atoms with Crippen molar-refractivity contribution in [1.82, 2.24) is 10.6 Å². The van der Waals surface area contributed by atoms with E-state index in [9.17, 15) is 4.79 Å². The third kappa shape index (κ3) is 4.23. The molecule has 1 heterocycles. The highest BCUT2D eigenvalue weighted by Gasteiger charge is 2.25. The maximum absolute atomic E-state index is 12.3. The summed E-state index contributed by atoms with van der Waals surface area (Å²) in [5.74, 6) is 1.72. The number of hydrogen-bond donors (Lipinski definition) is 2. The number of carbonyl (C=O) groups is 1. The van der Waals surface area contributed by atoms with E-state index in [0.717, 1.165) is 25.4 Å². The van der Waals surface area contributed by atoms with Crippen LogP contribution in [-0.4, -0.2) is 18.5 Å². The van der Waals surface area contributed by atoms with Crippen molar-refractivity contribution in [3.63, 3.8) is 0 Å². The molecule has 1 unspecified atom stereocenters. The van der Waals surface area contributed by atoms with Gasteiger partial charge < -0.3 is 10.6 Å². The molecule has 0 saturated heterocycles. The lowest BCUT2D eigenvalue weighted by molar-refractivity contribution is -0.123. The van der Waals surface area contributed by atoms with Crippen LogP contribution < -0.4 is 10.6 Å². The van der Waals surface area contributed by atoms with E-state index in [-0.39, 0.29) is 24.4 Å². The Balaban J connectivity index is 0.00000176. The minimum absolute atomic E-state index is 0. The van der Waals surface area contributed by atoms with Crippen molar-refractivity contribution in [2.75, 3.05) is 6.54 Å². The van der Waals surface area contributed by atoms with Crippen molar-refractivity contribution in [2.45, 2.75) is 51.6 Å². The van der Waals surface area contributed by atoms with Crippen LogP contribution in [0, 0.1) is 11.8 Å². The summed E-state index contributed by atoms with van der Waals surface area (Å²) >= 11 is 0. The molecule has 3 nitrogen and oxygen atoms in total.